The first-order valence-corrected chi connectivity index (χ1v) is 8.75. The molecule has 2 fully saturated rings. The molecule has 0 bridgehead atoms. The highest BCUT2D eigenvalue weighted by atomic mass is 35.5. The topological polar surface area (TPSA) is 49.4 Å². The van der Waals surface area contributed by atoms with Crippen LogP contribution in [0.25, 0.3) is 0 Å². The lowest BCUT2D eigenvalue weighted by Gasteiger charge is -2.34. The fraction of sp³-hybridized carbons (Fsp3) is 0.571. The Labute approximate surface area is 129 Å². The third kappa shape index (κ3) is 2.20. The van der Waals surface area contributed by atoms with Gasteiger partial charge in [0.15, 0.2) is 5.82 Å². The second-order valence-electron chi connectivity index (χ2n) is 6.27. The molecule has 4 nitrogen and oxygen atoms in total. The molecule has 2 atom stereocenters. The highest BCUT2D eigenvalue weighted by molar-refractivity contribution is 7.89. The van der Waals surface area contributed by atoms with Crippen LogP contribution in [-0.2, 0) is 10.0 Å². The lowest BCUT2D eigenvalue weighted by atomic mass is 9.85. The van der Waals surface area contributed by atoms with Crippen molar-refractivity contribution < 1.29 is 12.8 Å². The van der Waals surface area contributed by atoms with Gasteiger partial charge in [-0.05, 0) is 44.4 Å². The number of halogens is 2. The quantitative estimate of drug-likeness (QED) is 0.902. The van der Waals surface area contributed by atoms with Crippen molar-refractivity contribution in [3.05, 3.63) is 29.0 Å². The molecule has 2 aliphatic rings. The molecule has 2 heterocycles. The van der Waals surface area contributed by atoms with Gasteiger partial charge < -0.3 is 5.32 Å². The molecule has 0 amide bonds. The van der Waals surface area contributed by atoms with Crippen molar-refractivity contribution in [1.29, 1.82) is 0 Å². The van der Waals surface area contributed by atoms with Crippen molar-refractivity contribution in [1.82, 2.24) is 9.62 Å². The van der Waals surface area contributed by atoms with Gasteiger partial charge in [-0.3, -0.25) is 0 Å². The number of fused-ring (bicyclic) bond motifs is 1. The fourth-order valence-electron chi connectivity index (χ4n) is 3.59. The maximum Gasteiger partial charge on any atom is 0.246 e. The molecule has 0 aliphatic carbocycles. The number of sulfonamides is 1. The predicted molar refractivity (Wildman–Crippen MR) is 79.2 cm³/mol. The largest absolute Gasteiger partial charge is 0.316 e. The van der Waals surface area contributed by atoms with Gasteiger partial charge >= 0.3 is 0 Å². The molecular weight excluding hydrogens is 315 g/mol. The molecule has 0 saturated carbocycles. The normalized spacial score (nSPS) is 28.8. The van der Waals surface area contributed by atoms with E-state index >= 15 is 0 Å². The zero-order valence-corrected chi connectivity index (χ0v) is 13.5. The van der Waals surface area contributed by atoms with Gasteiger partial charge in [0, 0.05) is 18.6 Å². The summed E-state index contributed by atoms with van der Waals surface area (Å²) in [4.78, 5) is -0.337. The lowest BCUT2D eigenvalue weighted by Crippen LogP contribution is -2.47. The van der Waals surface area contributed by atoms with Crippen molar-refractivity contribution in [3.63, 3.8) is 0 Å². The highest BCUT2D eigenvalue weighted by Crippen LogP contribution is 2.44. The highest BCUT2D eigenvalue weighted by Gasteiger charge is 2.54. The summed E-state index contributed by atoms with van der Waals surface area (Å²) in [6.45, 7) is 5.83. The minimum Gasteiger partial charge on any atom is -0.316 e. The van der Waals surface area contributed by atoms with E-state index in [9.17, 15) is 12.8 Å². The van der Waals surface area contributed by atoms with Gasteiger partial charge in [0.25, 0.3) is 0 Å². The molecule has 2 saturated heterocycles. The summed E-state index contributed by atoms with van der Waals surface area (Å²) in [6, 6.07) is 4.09. The molecule has 21 heavy (non-hydrogen) atoms. The van der Waals surface area contributed by atoms with Crippen LogP contribution in [0.3, 0.4) is 0 Å². The Morgan fingerprint density at radius 3 is 2.76 bits per heavy atom. The van der Waals surface area contributed by atoms with Crippen molar-refractivity contribution >= 4 is 21.6 Å². The van der Waals surface area contributed by atoms with E-state index in [0.29, 0.717) is 6.54 Å². The van der Waals surface area contributed by atoms with Gasteiger partial charge in [0.1, 0.15) is 4.90 Å². The van der Waals surface area contributed by atoms with Crippen molar-refractivity contribution in [2.24, 2.45) is 11.8 Å². The Hall–Kier alpha value is -0.690. The average Bonchev–Trinajstić information content (AvgIpc) is 2.95. The molecule has 0 radical (unpaired) electrons. The molecule has 2 unspecified atom stereocenters. The maximum atomic E-state index is 14.1. The van der Waals surface area contributed by atoms with Gasteiger partial charge in [-0.15, -0.1) is 0 Å². The molecule has 0 aromatic heterocycles. The maximum absolute atomic E-state index is 14.1. The average molecular weight is 333 g/mol. The van der Waals surface area contributed by atoms with Gasteiger partial charge in [0.05, 0.1) is 5.02 Å². The molecule has 1 aromatic carbocycles. The molecule has 7 heteroatoms. The summed E-state index contributed by atoms with van der Waals surface area (Å²) in [5.41, 5.74) is -0.540. The molecule has 1 aromatic rings. The Balaban J connectivity index is 2.05. The summed E-state index contributed by atoms with van der Waals surface area (Å²) in [6.07, 6.45) is 0. The first-order valence-electron chi connectivity index (χ1n) is 6.94. The number of nitrogens with one attached hydrogen (secondary N) is 1. The summed E-state index contributed by atoms with van der Waals surface area (Å²) < 4.78 is 41.3. The van der Waals surface area contributed by atoms with E-state index in [-0.39, 0.29) is 21.8 Å². The zero-order chi connectivity index (χ0) is 15.4. The van der Waals surface area contributed by atoms with E-state index in [1.165, 1.54) is 22.5 Å². The van der Waals surface area contributed by atoms with Crippen LogP contribution in [0, 0.1) is 17.7 Å². The minimum absolute atomic E-state index is 0.171. The first-order chi connectivity index (χ1) is 9.76. The standard InChI is InChI=1S/C14H18ClFN2O2S/c1-14(2)10-7-17-6-9(10)8-18(14)21(19,20)12-5-3-4-11(15)13(12)16/h3-5,9-10,17H,6-8H2,1-2H3. The number of hydrogen-bond donors (Lipinski definition) is 1. The summed E-state index contributed by atoms with van der Waals surface area (Å²) in [5.74, 6) is -0.350. The summed E-state index contributed by atoms with van der Waals surface area (Å²) in [7, 11) is -3.90. The molecular formula is C14H18ClFN2O2S. The fourth-order valence-corrected chi connectivity index (χ4v) is 5.79. The van der Waals surface area contributed by atoms with Gasteiger partial charge in [0.2, 0.25) is 10.0 Å². The van der Waals surface area contributed by atoms with Crippen LogP contribution in [0.4, 0.5) is 4.39 Å². The minimum atomic E-state index is -3.90. The van der Waals surface area contributed by atoms with E-state index in [2.05, 4.69) is 5.32 Å². The van der Waals surface area contributed by atoms with E-state index < -0.39 is 21.4 Å². The van der Waals surface area contributed by atoms with E-state index in [0.717, 1.165) is 13.1 Å². The van der Waals surface area contributed by atoms with Crippen LogP contribution in [0.2, 0.25) is 5.02 Å². The van der Waals surface area contributed by atoms with Crippen molar-refractivity contribution in [2.45, 2.75) is 24.3 Å². The Morgan fingerprint density at radius 1 is 1.38 bits per heavy atom. The number of benzene rings is 1. The van der Waals surface area contributed by atoms with E-state index in [1.807, 2.05) is 13.8 Å². The number of hydrogen-bond acceptors (Lipinski definition) is 3. The van der Waals surface area contributed by atoms with Crippen LogP contribution >= 0.6 is 11.6 Å². The smallest absolute Gasteiger partial charge is 0.246 e. The Morgan fingerprint density at radius 2 is 2.10 bits per heavy atom. The number of rotatable bonds is 2. The van der Waals surface area contributed by atoms with Crippen LogP contribution in [0.1, 0.15) is 13.8 Å². The number of nitrogens with zero attached hydrogens (tertiary/aromatic N) is 1. The van der Waals surface area contributed by atoms with Crippen molar-refractivity contribution in [2.75, 3.05) is 19.6 Å². The van der Waals surface area contributed by atoms with Crippen LogP contribution in [-0.4, -0.2) is 37.9 Å². The molecule has 2 aliphatic heterocycles. The molecule has 0 spiro atoms. The third-order valence-corrected chi connectivity index (χ3v) is 7.14. The second-order valence-corrected chi connectivity index (χ2v) is 8.50. The SMILES string of the molecule is CC1(C)C2CNCC2CN1S(=O)(=O)c1cccc(Cl)c1F. The monoisotopic (exact) mass is 332 g/mol. The summed E-state index contributed by atoms with van der Waals surface area (Å²) >= 11 is 5.73. The summed E-state index contributed by atoms with van der Waals surface area (Å²) in [5, 5.41) is 3.12. The van der Waals surface area contributed by atoms with Crippen LogP contribution < -0.4 is 5.32 Å². The van der Waals surface area contributed by atoms with Gasteiger partial charge in [-0.1, -0.05) is 17.7 Å². The van der Waals surface area contributed by atoms with Crippen LogP contribution in [0.15, 0.2) is 23.1 Å². The molecule has 116 valence electrons. The van der Waals surface area contributed by atoms with Crippen molar-refractivity contribution in [3.8, 4) is 0 Å². The first kappa shape index (κ1) is 15.2. The van der Waals surface area contributed by atoms with Crippen LogP contribution in [0.5, 0.6) is 0 Å². The van der Waals surface area contributed by atoms with E-state index in [4.69, 9.17) is 11.6 Å². The Bertz CT molecular complexity index is 678. The zero-order valence-electron chi connectivity index (χ0n) is 11.9. The third-order valence-electron chi connectivity index (χ3n) is 4.77. The predicted octanol–water partition coefficient (Wildman–Crippen LogP) is 2.10. The molecule has 1 N–H and O–H groups in total. The molecule has 3 rings (SSSR count). The van der Waals surface area contributed by atoms with Gasteiger partial charge in [-0.25, -0.2) is 12.8 Å². The Kier molecular flexibility index (Phi) is 3.56. The lowest BCUT2D eigenvalue weighted by molar-refractivity contribution is 0.232. The second kappa shape index (κ2) is 4.91. The van der Waals surface area contributed by atoms with E-state index in [1.54, 1.807) is 0 Å². The van der Waals surface area contributed by atoms with Gasteiger partial charge in [-0.2, -0.15) is 4.31 Å².